The van der Waals surface area contributed by atoms with E-state index in [1.165, 1.54) is 77.4 Å². The standard InChI is InChI=1S/C28H46N2O7/c1-3-4-5-6-7-8-9-10-11-12-13-14-15-27(33)37-25(17-24(32)28(34)21(2)31)23-19-35-26(30-23)16-22-18-29-20-36-22/h18-21,24-25,28,31-32,34H,3-17H2,1-2H3. The predicted octanol–water partition coefficient (Wildman–Crippen LogP) is 5.42. The number of aromatic nitrogens is 2. The molecule has 37 heavy (non-hydrogen) atoms. The molecule has 3 N–H and O–H groups in total. The molecule has 2 rings (SSSR count). The largest absolute Gasteiger partial charge is 0.456 e. The zero-order chi connectivity index (χ0) is 26.9. The highest BCUT2D eigenvalue weighted by atomic mass is 16.5. The van der Waals surface area contributed by atoms with Crippen molar-refractivity contribution in [3.8, 4) is 0 Å². The van der Waals surface area contributed by atoms with Crippen LogP contribution in [0.15, 0.2) is 27.7 Å². The molecule has 0 aliphatic rings. The Hall–Kier alpha value is -2.23. The van der Waals surface area contributed by atoms with Crippen molar-refractivity contribution in [1.82, 2.24) is 9.97 Å². The second kappa shape index (κ2) is 18.1. The molecule has 0 saturated carbocycles. The van der Waals surface area contributed by atoms with Gasteiger partial charge in [-0.15, -0.1) is 0 Å². The molecular formula is C28H46N2O7. The van der Waals surface area contributed by atoms with E-state index in [0.717, 1.165) is 19.3 Å². The molecule has 2 aromatic rings. The number of aliphatic hydroxyl groups is 3. The van der Waals surface area contributed by atoms with Crippen molar-refractivity contribution >= 4 is 5.97 Å². The van der Waals surface area contributed by atoms with E-state index in [0.29, 0.717) is 17.3 Å². The van der Waals surface area contributed by atoms with E-state index in [-0.39, 0.29) is 19.3 Å². The minimum absolute atomic E-state index is 0.121. The van der Waals surface area contributed by atoms with E-state index in [4.69, 9.17) is 13.6 Å². The molecule has 4 unspecified atom stereocenters. The Balaban J connectivity index is 1.75. The van der Waals surface area contributed by atoms with Crippen molar-refractivity contribution < 1.29 is 33.7 Å². The van der Waals surface area contributed by atoms with E-state index < -0.39 is 30.4 Å². The zero-order valence-corrected chi connectivity index (χ0v) is 22.5. The summed E-state index contributed by atoms with van der Waals surface area (Å²) in [6.45, 7) is 3.62. The Kier molecular flexibility index (Phi) is 15.2. The number of ether oxygens (including phenoxy) is 1. The Morgan fingerprint density at radius 2 is 1.57 bits per heavy atom. The Morgan fingerprint density at radius 3 is 2.14 bits per heavy atom. The van der Waals surface area contributed by atoms with Crippen molar-refractivity contribution in [3.63, 3.8) is 0 Å². The highest BCUT2D eigenvalue weighted by Gasteiger charge is 2.29. The highest BCUT2D eigenvalue weighted by molar-refractivity contribution is 5.69. The molecule has 0 fully saturated rings. The molecule has 4 atom stereocenters. The first-order valence-corrected chi connectivity index (χ1v) is 14.0. The summed E-state index contributed by atoms with van der Waals surface area (Å²) in [6.07, 6.45) is 14.4. The van der Waals surface area contributed by atoms with Crippen LogP contribution in [0.1, 0.15) is 127 Å². The summed E-state index contributed by atoms with van der Waals surface area (Å²) < 4.78 is 16.3. The lowest BCUT2D eigenvalue weighted by molar-refractivity contribution is -0.153. The first-order chi connectivity index (χ1) is 17.9. The van der Waals surface area contributed by atoms with Gasteiger partial charge in [-0.3, -0.25) is 4.79 Å². The number of rotatable bonds is 21. The molecule has 0 spiro atoms. The molecule has 0 bridgehead atoms. The zero-order valence-electron chi connectivity index (χ0n) is 22.5. The van der Waals surface area contributed by atoms with Crippen molar-refractivity contribution in [2.75, 3.05) is 0 Å². The molecule has 0 aliphatic carbocycles. The fourth-order valence-corrected chi connectivity index (χ4v) is 4.27. The van der Waals surface area contributed by atoms with E-state index in [2.05, 4.69) is 16.9 Å². The third-order valence-electron chi connectivity index (χ3n) is 6.56. The minimum Gasteiger partial charge on any atom is -0.456 e. The lowest BCUT2D eigenvalue weighted by Crippen LogP contribution is -2.37. The Labute approximate surface area is 220 Å². The molecule has 9 heteroatoms. The maximum Gasteiger partial charge on any atom is 0.306 e. The van der Waals surface area contributed by atoms with E-state index in [1.807, 2.05) is 0 Å². The minimum atomic E-state index is -1.38. The topological polar surface area (TPSA) is 139 Å². The van der Waals surface area contributed by atoms with Gasteiger partial charge in [0.15, 0.2) is 6.39 Å². The molecule has 0 saturated heterocycles. The molecule has 210 valence electrons. The lowest BCUT2D eigenvalue weighted by Gasteiger charge is -2.24. The molecule has 0 radical (unpaired) electrons. The lowest BCUT2D eigenvalue weighted by atomic mass is 10.0. The van der Waals surface area contributed by atoms with Crippen LogP contribution in [0.5, 0.6) is 0 Å². The average molecular weight is 523 g/mol. The Morgan fingerprint density at radius 1 is 0.946 bits per heavy atom. The molecule has 0 aliphatic heterocycles. The third-order valence-corrected chi connectivity index (χ3v) is 6.56. The SMILES string of the molecule is CCCCCCCCCCCCCCC(=O)OC(CC(O)C(O)C(C)O)c1coc(Cc2cnco2)n1. The van der Waals surface area contributed by atoms with Gasteiger partial charge in [0.2, 0.25) is 5.89 Å². The quantitative estimate of drug-likeness (QED) is 0.145. The summed E-state index contributed by atoms with van der Waals surface area (Å²) >= 11 is 0. The summed E-state index contributed by atoms with van der Waals surface area (Å²) in [6, 6.07) is 0. The van der Waals surface area contributed by atoms with Gasteiger partial charge in [-0.2, -0.15) is 0 Å². The number of unbranched alkanes of at least 4 members (excludes halogenated alkanes) is 11. The summed E-state index contributed by atoms with van der Waals surface area (Å²) in [5.41, 5.74) is 0.328. The van der Waals surface area contributed by atoms with Crippen molar-refractivity contribution in [2.45, 2.75) is 135 Å². The van der Waals surface area contributed by atoms with Crippen LogP contribution in [0, 0.1) is 0 Å². The molecular weight excluding hydrogens is 476 g/mol. The van der Waals surface area contributed by atoms with Gasteiger partial charge in [0.25, 0.3) is 0 Å². The summed E-state index contributed by atoms with van der Waals surface area (Å²) in [5, 5.41) is 30.0. The summed E-state index contributed by atoms with van der Waals surface area (Å²) in [7, 11) is 0. The van der Waals surface area contributed by atoms with E-state index in [9.17, 15) is 20.1 Å². The van der Waals surface area contributed by atoms with Crippen LogP contribution in [0.3, 0.4) is 0 Å². The van der Waals surface area contributed by atoms with Gasteiger partial charge in [-0.25, -0.2) is 9.97 Å². The van der Waals surface area contributed by atoms with Crippen LogP contribution >= 0.6 is 0 Å². The number of esters is 1. The second-order valence-corrected chi connectivity index (χ2v) is 9.96. The van der Waals surface area contributed by atoms with Gasteiger partial charge in [0.1, 0.15) is 29.9 Å². The number of carbonyl (C=O) groups excluding carboxylic acids is 1. The number of aliphatic hydroxyl groups excluding tert-OH is 3. The van der Waals surface area contributed by atoms with Crippen LogP contribution < -0.4 is 0 Å². The smallest absolute Gasteiger partial charge is 0.306 e. The first-order valence-electron chi connectivity index (χ1n) is 14.0. The monoisotopic (exact) mass is 522 g/mol. The van der Waals surface area contributed by atoms with Crippen LogP contribution in [-0.2, 0) is 16.0 Å². The first kappa shape index (κ1) is 31.0. The molecule has 0 amide bonds. The van der Waals surface area contributed by atoms with Gasteiger partial charge >= 0.3 is 5.97 Å². The number of nitrogens with zero attached hydrogens (tertiary/aromatic N) is 2. The number of hydrogen-bond acceptors (Lipinski definition) is 9. The molecule has 9 nitrogen and oxygen atoms in total. The maximum absolute atomic E-state index is 12.6. The predicted molar refractivity (Wildman–Crippen MR) is 139 cm³/mol. The molecule has 2 heterocycles. The van der Waals surface area contributed by atoms with Gasteiger partial charge in [-0.1, -0.05) is 77.6 Å². The summed E-state index contributed by atoms with van der Waals surface area (Å²) in [5.74, 6) is 0.522. The van der Waals surface area contributed by atoms with Crippen molar-refractivity contribution in [2.24, 2.45) is 0 Å². The molecule has 0 aromatic carbocycles. The fourth-order valence-electron chi connectivity index (χ4n) is 4.27. The second-order valence-electron chi connectivity index (χ2n) is 9.96. The van der Waals surface area contributed by atoms with Gasteiger partial charge in [-0.05, 0) is 13.3 Å². The number of carbonyl (C=O) groups is 1. The highest BCUT2D eigenvalue weighted by Crippen LogP contribution is 2.26. The van der Waals surface area contributed by atoms with Gasteiger partial charge < -0.3 is 28.9 Å². The van der Waals surface area contributed by atoms with Crippen LogP contribution in [-0.4, -0.2) is 49.6 Å². The van der Waals surface area contributed by atoms with Crippen LogP contribution in [0.2, 0.25) is 0 Å². The number of oxazole rings is 2. The Bertz CT molecular complexity index is 837. The van der Waals surface area contributed by atoms with Crippen LogP contribution in [0.25, 0.3) is 0 Å². The maximum atomic E-state index is 12.6. The van der Waals surface area contributed by atoms with Gasteiger partial charge in [0.05, 0.1) is 24.8 Å². The fraction of sp³-hybridized carbons (Fsp3) is 0.750. The van der Waals surface area contributed by atoms with E-state index in [1.54, 1.807) is 6.20 Å². The third kappa shape index (κ3) is 12.7. The number of hydrogen-bond donors (Lipinski definition) is 3. The average Bonchev–Trinajstić information content (AvgIpc) is 3.56. The summed E-state index contributed by atoms with van der Waals surface area (Å²) in [4.78, 5) is 20.8. The van der Waals surface area contributed by atoms with E-state index >= 15 is 0 Å². The normalized spacial score (nSPS) is 14.8. The van der Waals surface area contributed by atoms with Crippen molar-refractivity contribution in [1.29, 1.82) is 0 Å². The van der Waals surface area contributed by atoms with Gasteiger partial charge in [0, 0.05) is 12.8 Å². The molecule has 2 aromatic heterocycles. The van der Waals surface area contributed by atoms with Crippen molar-refractivity contribution in [3.05, 3.63) is 36.2 Å². The van der Waals surface area contributed by atoms with Crippen LogP contribution in [0.4, 0.5) is 0 Å².